The molecule has 0 aromatic carbocycles. The predicted molar refractivity (Wildman–Crippen MR) is 124 cm³/mol. The number of hydrogen-bond donors (Lipinski definition) is 1. The second kappa shape index (κ2) is 7.78. The fourth-order valence-corrected chi connectivity index (χ4v) is 5.41. The summed E-state index contributed by atoms with van der Waals surface area (Å²) in [5.41, 5.74) is -1.41. The molecule has 2 aromatic rings. The molecule has 4 rings (SSSR count). The molecule has 2 aliphatic rings. The lowest BCUT2D eigenvalue weighted by atomic mass is 9.97. The van der Waals surface area contributed by atoms with E-state index in [1.54, 1.807) is 24.6 Å². The van der Waals surface area contributed by atoms with Crippen LogP contribution in [0.5, 0.6) is 6.01 Å². The standard InChI is InChI=1S/C22H32N4O6Si/c1-13-9-25(19(29)23-17(13)27)11-22-12-30-20-24-18(28)14(2)10-26(20)16(31-22)8-15(22)32-33(6,7)21(3,4)5/h9-10,15-16H,8,11-12H2,1-7H3,(H,23,27,29)/t15-,16+,22+/m0/s1. The van der Waals surface area contributed by atoms with Crippen LogP contribution in [0.3, 0.4) is 0 Å². The zero-order valence-electron chi connectivity index (χ0n) is 20.2. The summed E-state index contributed by atoms with van der Waals surface area (Å²) in [6, 6.07) is 0.188. The highest BCUT2D eigenvalue weighted by molar-refractivity contribution is 6.74. The summed E-state index contributed by atoms with van der Waals surface area (Å²) in [6.45, 7) is 14.3. The van der Waals surface area contributed by atoms with E-state index in [0.29, 0.717) is 17.5 Å². The van der Waals surface area contributed by atoms with Gasteiger partial charge in [0.2, 0.25) is 0 Å². The van der Waals surface area contributed by atoms with Gasteiger partial charge < -0.3 is 13.9 Å². The molecule has 0 unspecified atom stereocenters. The van der Waals surface area contributed by atoms with Crippen molar-refractivity contribution in [3.05, 3.63) is 54.7 Å². The Bertz CT molecular complexity index is 1260. The molecule has 1 N–H and O–H groups in total. The van der Waals surface area contributed by atoms with E-state index in [9.17, 15) is 14.4 Å². The maximum absolute atomic E-state index is 12.6. The van der Waals surface area contributed by atoms with Gasteiger partial charge in [-0.2, -0.15) is 4.98 Å². The van der Waals surface area contributed by atoms with Crippen LogP contribution in [-0.4, -0.2) is 45.7 Å². The van der Waals surface area contributed by atoms with E-state index in [4.69, 9.17) is 13.9 Å². The highest BCUT2D eigenvalue weighted by atomic mass is 28.4. The minimum Gasteiger partial charge on any atom is -0.461 e. The van der Waals surface area contributed by atoms with Crippen molar-refractivity contribution in [2.24, 2.45) is 0 Å². The zero-order valence-corrected chi connectivity index (χ0v) is 21.2. The number of nitrogens with zero attached hydrogens (tertiary/aromatic N) is 3. The van der Waals surface area contributed by atoms with Crippen molar-refractivity contribution < 1.29 is 13.9 Å². The van der Waals surface area contributed by atoms with Crippen LogP contribution in [0.15, 0.2) is 26.8 Å². The quantitative estimate of drug-likeness (QED) is 0.669. The topological polar surface area (TPSA) is 117 Å². The first kappa shape index (κ1) is 23.6. The van der Waals surface area contributed by atoms with Crippen molar-refractivity contribution in [2.45, 2.75) is 83.6 Å². The highest BCUT2D eigenvalue weighted by Gasteiger charge is 2.56. The number of aryl methyl sites for hydroxylation is 2. The van der Waals surface area contributed by atoms with E-state index in [1.165, 1.54) is 10.8 Å². The van der Waals surface area contributed by atoms with E-state index in [2.05, 4.69) is 43.8 Å². The van der Waals surface area contributed by atoms with E-state index in [1.807, 2.05) is 0 Å². The van der Waals surface area contributed by atoms with Crippen molar-refractivity contribution in [3.63, 3.8) is 0 Å². The van der Waals surface area contributed by atoms with Crippen molar-refractivity contribution in [1.29, 1.82) is 0 Å². The molecule has 0 spiro atoms. The van der Waals surface area contributed by atoms with Gasteiger partial charge in [-0.1, -0.05) is 20.8 Å². The average Bonchev–Trinajstić information content (AvgIpc) is 2.95. The fraction of sp³-hybridized carbons (Fsp3) is 0.636. The molecule has 0 radical (unpaired) electrons. The third-order valence-electron chi connectivity index (χ3n) is 7.09. The summed E-state index contributed by atoms with van der Waals surface area (Å²) in [6.07, 6.45) is 2.90. The number of ether oxygens (including phenoxy) is 2. The Morgan fingerprint density at radius 3 is 2.58 bits per heavy atom. The Kier molecular flexibility index (Phi) is 5.57. The van der Waals surface area contributed by atoms with Gasteiger partial charge >= 0.3 is 11.7 Å². The summed E-state index contributed by atoms with van der Waals surface area (Å²) in [7, 11) is -2.21. The molecule has 33 heavy (non-hydrogen) atoms. The molecule has 2 bridgehead atoms. The molecule has 1 fully saturated rings. The third kappa shape index (κ3) is 4.13. The van der Waals surface area contributed by atoms with Gasteiger partial charge in [-0.25, -0.2) is 4.79 Å². The minimum absolute atomic E-state index is 0.0339. The Balaban J connectivity index is 1.80. The molecule has 3 atom stereocenters. The van der Waals surface area contributed by atoms with E-state index in [-0.39, 0.29) is 35.9 Å². The lowest BCUT2D eigenvalue weighted by Crippen LogP contribution is -2.56. The molecular weight excluding hydrogens is 444 g/mol. The van der Waals surface area contributed by atoms with Crippen LogP contribution < -0.4 is 21.5 Å². The van der Waals surface area contributed by atoms with Crippen molar-refractivity contribution in [1.82, 2.24) is 19.1 Å². The van der Waals surface area contributed by atoms with Crippen molar-refractivity contribution >= 4 is 8.32 Å². The first-order chi connectivity index (χ1) is 15.2. The lowest BCUT2D eigenvalue weighted by Gasteiger charge is -2.42. The Morgan fingerprint density at radius 2 is 1.91 bits per heavy atom. The van der Waals surface area contributed by atoms with Crippen LogP contribution in [0.1, 0.15) is 44.5 Å². The van der Waals surface area contributed by atoms with E-state index in [0.717, 1.165) is 0 Å². The summed E-state index contributed by atoms with van der Waals surface area (Å²) in [5.74, 6) is 0. The normalized spacial score (nSPS) is 24.8. The van der Waals surface area contributed by atoms with Crippen LogP contribution in [0.4, 0.5) is 0 Å². The van der Waals surface area contributed by atoms with E-state index >= 15 is 0 Å². The molecule has 1 saturated heterocycles. The van der Waals surface area contributed by atoms with Crippen LogP contribution in [0, 0.1) is 13.8 Å². The lowest BCUT2D eigenvalue weighted by molar-refractivity contribution is -0.115. The Labute approximate surface area is 192 Å². The number of H-pyrrole nitrogens is 1. The van der Waals surface area contributed by atoms with Crippen LogP contribution >= 0.6 is 0 Å². The molecule has 0 aliphatic carbocycles. The van der Waals surface area contributed by atoms with Crippen molar-refractivity contribution in [3.8, 4) is 6.01 Å². The first-order valence-electron chi connectivity index (χ1n) is 11.1. The molecule has 180 valence electrons. The average molecular weight is 477 g/mol. The molecule has 2 aromatic heterocycles. The van der Waals surface area contributed by atoms with Crippen LogP contribution in [0.25, 0.3) is 0 Å². The van der Waals surface area contributed by atoms with Gasteiger partial charge in [0.15, 0.2) is 8.32 Å². The largest absolute Gasteiger partial charge is 0.461 e. The number of nitrogens with one attached hydrogen (secondary N) is 1. The van der Waals surface area contributed by atoms with Gasteiger partial charge in [0, 0.05) is 29.9 Å². The number of hydrogen-bond acceptors (Lipinski definition) is 7. The zero-order chi connectivity index (χ0) is 24.3. The molecule has 10 nitrogen and oxygen atoms in total. The molecule has 4 heterocycles. The maximum Gasteiger partial charge on any atom is 0.328 e. The second-order valence-electron chi connectivity index (χ2n) is 10.6. The molecule has 2 aliphatic heterocycles. The number of aromatic amines is 1. The SMILES string of the molecule is Cc1cn2c(nc1=O)OC[C@@]1(Cn3cc(C)c(=O)[nH]c3=O)O[C@@H]2C[C@@H]1O[Si](C)(C)C(C)(C)C. The Morgan fingerprint density at radius 1 is 1.21 bits per heavy atom. The highest BCUT2D eigenvalue weighted by Crippen LogP contribution is 2.47. The number of rotatable bonds is 4. The van der Waals surface area contributed by atoms with E-state index < -0.39 is 31.4 Å². The number of fused-ring (bicyclic) bond motifs is 4. The van der Waals surface area contributed by atoms with Gasteiger partial charge in [0.25, 0.3) is 11.1 Å². The van der Waals surface area contributed by atoms with Crippen LogP contribution in [0.2, 0.25) is 18.1 Å². The monoisotopic (exact) mass is 476 g/mol. The third-order valence-corrected chi connectivity index (χ3v) is 11.6. The summed E-state index contributed by atoms with van der Waals surface area (Å²) >= 11 is 0. The first-order valence-corrected chi connectivity index (χ1v) is 14.0. The van der Waals surface area contributed by atoms with Gasteiger partial charge in [0.1, 0.15) is 18.4 Å². The summed E-state index contributed by atoms with van der Waals surface area (Å²) in [5, 5.41) is -0.0339. The molecular formula is C22H32N4O6Si. The minimum atomic E-state index is -2.21. The fourth-order valence-electron chi connectivity index (χ4n) is 4.04. The molecule has 11 heteroatoms. The van der Waals surface area contributed by atoms with Gasteiger partial charge in [-0.05, 0) is 32.0 Å². The summed E-state index contributed by atoms with van der Waals surface area (Å²) in [4.78, 5) is 43.0. The number of aromatic nitrogens is 4. The van der Waals surface area contributed by atoms with Crippen LogP contribution in [-0.2, 0) is 15.7 Å². The predicted octanol–water partition coefficient (Wildman–Crippen LogP) is 1.85. The maximum atomic E-state index is 12.6. The summed E-state index contributed by atoms with van der Waals surface area (Å²) < 4.78 is 22.6. The smallest absolute Gasteiger partial charge is 0.328 e. The van der Waals surface area contributed by atoms with Crippen molar-refractivity contribution in [2.75, 3.05) is 6.61 Å². The molecule has 0 amide bonds. The molecule has 0 saturated carbocycles. The van der Waals surface area contributed by atoms with Gasteiger partial charge in [0.05, 0.1) is 12.6 Å². The second-order valence-corrected chi connectivity index (χ2v) is 15.4. The van der Waals surface area contributed by atoms with Gasteiger partial charge in [-0.15, -0.1) is 0 Å². The Hall–Kier alpha value is -2.50. The van der Waals surface area contributed by atoms with Gasteiger partial charge in [-0.3, -0.25) is 23.7 Å².